The van der Waals surface area contributed by atoms with Crippen molar-refractivity contribution < 1.29 is 0 Å². The molecular weight excluding hydrogens is 168 g/mol. The lowest BCUT2D eigenvalue weighted by Crippen LogP contribution is -1.91. The fraction of sp³-hybridized carbons (Fsp3) is 0.429. The number of benzene rings is 1. The van der Waals surface area contributed by atoms with Crippen LogP contribution in [0.4, 0.5) is 0 Å². The highest BCUT2D eigenvalue weighted by Crippen LogP contribution is 2.20. The van der Waals surface area contributed by atoms with Crippen LogP contribution in [0.1, 0.15) is 38.8 Å². The van der Waals surface area contributed by atoms with E-state index in [-0.39, 0.29) is 0 Å². The number of rotatable bonds is 2. The van der Waals surface area contributed by atoms with E-state index < -0.39 is 0 Å². The summed E-state index contributed by atoms with van der Waals surface area (Å²) in [6, 6.07) is 8.53. The van der Waals surface area contributed by atoms with Gasteiger partial charge >= 0.3 is 0 Å². The third kappa shape index (κ3) is 3.78. The Labute approximate surface area is 88.7 Å². The molecule has 0 amide bonds. The minimum Gasteiger partial charge on any atom is -0.0950 e. The molecule has 1 aromatic rings. The van der Waals surface area contributed by atoms with Crippen LogP contribution in [0.25, 0.3) is 5.57 Å². The molecule has 0 aromatic heterocycles. The van der Waals surface area contributed by atoms with Gasteiger partial charge in [0.25, 0.3) is 0 Å². The summed E-state index contributed by atoms with van der Waals surface area (Å²) in [5.41, 5.74) is 3.78. The molecule has 0 aliphatic heterocycles. The van der Waals surface area contributed by atoms with Gasteiger partial charge in [0, 0.05) is 0 Å². The van der Waals surface area contributed by atoms with Crippen LogP contribution in [0.2, 0.25) is 0 Å². The third-order valence-corrected chi connectivity index (χ3v) is 2.12. The van der Waals surface area contributed by atoms with E-state index in [2.05, 4.69) is 51.6 Å². The highest BCUT2D eigenvalue weighted by Gasteiger charge is 2.01. The molecule has 0 aliphatic rings. The molecule has 0 heterocycles. The molecule has 1 aromatic carbocycles. The van der Waals surface area contributed by atoms with Crippen LogP contribution < -0.4 is 0 Å². The van der Waals surface area contributed by atoms with Crippen molar-refractivity contribution in [3.8, 4) is 0 Å². The predicted octanol–water partition coefficient (Wildman–Crippen LogP) is 4.69. The Morgan fingerprint density at radius 2 is 1.50 bits per heavy atom. The molecule has 0 N–H and O–H groups in total. The smallest absolute Gasteiger partial charge is 0.0219 e. The Kier molecular flexibility index (Phi) is 5.94. The molecule has 78 valence electrons. The number of aryl methyl sites for hydroxylation is 1. The van der Waals surface area contributed by atoms with Gasteiger partial charge < -0.3 is 0 Å². The molecule has 0 saturated carbocycles. The molecule has 0 nitrogen and oxygen atoms in total. The van der Waals surface area contributed by atoms with Crippen molar-refractivity contribution >= 4 is 5.57 Å². The van der Waals surface area contributed by atoms with Crippen molar-refractivity contribution in [2.75, 3.05) is 0 Å². The van der Waals surface area contributed by atoms with Crippen LogP contribution in [0.15, 0.2) is 30.8 Å². The topological polar surface area (TPSA) is 0 Å². The molecule has 0 atom stereocenters. The van der Waals surface area contributed by atoms with Crippen LogP contribution in [0, 0.1) is 12.8 Å². The molecule has 0 aliphatic carbocycles. The molecule has 0 spiro atoms. The van der Waals surface area contributed by atoms with Gasteiger partial charge in [-0.15, -0.1) is 0 Å². The van der Waals surface area contributed by atoms with Gasteiger partial charge in [-0.1, -0.05) is 64.1 Å². The lowest BCUT2D eigenvalue weighted by atomic mass is 9.96. The van der Waals surface area contributed by atoms with Crippen molar-refractivity contribution in [3.63, 3.8) is 0 Å². The first-order valence-electron chi connectivity index (χ1n) is 5.37. The Morgan fingerprint density at radius 1 is 1.07 bits per heavy atom. The van der Waals surface area contributed by atoms with E-state index >= 15 is 0 Å². The summed E-state index contributed by atoms with van der Waals surface area (Å²) in [5.74, 6) is 0.535. The van der Waals surface area contributed by atoms with Gasteiger partial charge in [-0.2, -0.15) is 0 Å². The Hall–Kier alpha value is -1.04. The van der Waals surface area contributed by atoms with Crippen LogP contribution in [0.3, 0.4) is 0 Å². The molecule has 0 saturated heterocycles. The summed E-state index contributed by atoms with van der Waals surface area (Å²) in [6.07, 6.45) is 0. The molecule has 14 heavy (non-hydrogen) atoms. The summed E-state index contributed by atoms with van der Waals surface area (Å²) < 4.78 is 0. The minimum absolute atomic E-state index is 0.535. The van der Waals surface area contributed by atoms with Crippen molar-refractivity contribution in [2.45, 2.75) is 34.6 Å². The molecule has 0 radical (unpaired) electrons. The average Bonchev–Trinajstić information content (AvgIpc) is 2.21. The van der Waals surface area contributed by atoms with Crippen LogP contribution in [-0.2, 0) is 0 Å². The Morgan fingerprint density at radius 3 is 1.86 bits per heavy atom. The van der Waals surface area contributed by atoms with Gasteiger partial charge in [-0.25, -0.2) is 0 Å². The first kappa shape index (κ1) is 13.0. The molecule has 0 fully saturated rings. The highest BCUT2D eigenvalue weighted by molar-refractivity contribution is 5.64. The molecular formula is C14H22. The fourth-order valence-corrected chi connectivity index (χ4v) is 1.10. The van der Waals surface area contributed by atoms with Gasteiger partial charge in [0.1, 0.15) is 0 Å². The summed E-state index contributed by atoms with van der Waals surface area (Å²) in [6.45, 7) is 14.5. The van der Waals surface area contributed by atoms with Gasteiger partial charge in [0.05, 0.1) is 0 Å². The molecule has 0 unspecified atom stereocenters. The molecule has 0 bridgehead atoms. The van der Waals surface area contributed by atoms with Gasteiger partial charge in [0.2, 0.25) is 0 Å². The summed E-state index contributed by atoms with van der Waals surface area (Å²) >= 11 is 0. The predicted molar refractivity (Wildman–Crippen MR) is 66.4 cm³/mol. The van der Waals surface area contributed by atoms with Gasteiger partial charge in [-0.05, 0) is 24.0 Å². The maximum atomic E-state index is 4.05. The van der Waals surface area contributed by atoms with E-state index in [9.17, 15) is 0 Å². The first-order valence-corrected chi connectivity index (χ1v) is 5.37. The zero-order valence-electron chi connectivity index (χ0n) is 10.1. The Bertz CT molecular complexity index is 265. The second kappa shape index (κ2) is 6.42. The Balaban J connectivity index is 0.000000791. The quantitative estimate of drug-likeness (QED) is 0.634. The van der Waals surface area contributed by atoms with Crippen molar-refractivity contribution in [1.82, 2.24) is 0 Å². The maximum Gasteiger partial charge on any atom is -0.0219 e. The normalized spacial score (nSPS) is 9.29. The van der Waals surface area contributed by atoms with Gasteiger partial charge in [-0.3, -0.25) is 0 Å². The van der Waals surface area contributed by atoms with Crippen molar-refractivity contribution in [3.05, 3.63) is 42.0 Å². The van der Waals surface area contributed by atoms with Crippen LogP contribution >= 0.6 is 0 Å². The zero-order valence-corrected chi connectivity index (χ0v) is 10.1. The number of hydrogen-bond acceptors (Lipinski definition) is 0. The average molecular weight is 190 g/mol. The van der Waals surface area contributed by atoms with E-state index in [4.69, 9.17) is 0 Å². The monoisotopic (exact) mass is 190 g/mol. The summed E-state index contributed by atoms with van der Waals surface area (Å²) in [7, 11) is 0. The highest BCUT2D eigenvalue weighted by atomic mass is 14.1. The maximum absolute atomic E-state index is 4.05. The zero-order chi connectivity index (χ0) is 11.1. The van der Waals surface area contributed by atoms with E-state index in [0.29, 0.717) is 5.92 Å². The largest absolute Gasteiger partial charge is 0.0950 e. The standard InChI is InChI=1S/C12H16.C2H6/c1-9(2)11(4)12-7-5-10(3)6-8-12;1-2/h5-9H,4H2,1-3H3;1-2H3. The lowest BCUT2D eigenvalue weighted by Gasteiger charge is -2.09. The van der Waals surface area contributed by atoms with E-state index in [0.717, 1.165) is 0 Å². The third-order valence-electron chi connectivity index (χ3n) is 2.12. The first-order chi connectivity index (χ1) is 6.61. The van der Waals surface area contributed by atoms with Crippen LogP contribution in [-0.4, -0.2) is 0 Å². The fourth-order valence-electron chi connectivity index (χ4n) is 1.10. The minimum atomic E-state index is 0.535. The number of hydrogen-bond donors (Lipinski definition) is 0. The van der Waals surface area contributed by atoms with Crippen molar-refractivity contribution in [2.24, 2.45) is 5.92 Å². The molecule has 0 heteroatoms. The van der Waals surface area contributed by atoms with E-state index in [1.807, 2.05) is 13.8 Å². The van der Waals surface area contributed by atoms with E-state index in [1.165, 1.54) is 16.7 Å². The second-order valence-corrected chi connectivity index (χ2v) is 3.55. The van der Waals surface area contributed by atoms with E-state index in [1.54, 1.807) is 0 Å². The SMILES string of the molecule is C=C(c1ccc(C)cc1)C(C)C.CC. The molecule has 1 rings (SSSR count). The van der Waals surface area contributed by atoms with Crippen molar-refractivity contribution in [1.29, 1.82) is 0 Å². The van der Waals surface area contributed by atoms with Gasteiger partial charge in [0.15, 0.2) is 0 Å². The second-order valence-electron chi connectivity index (χ2n) is 3.55. The number of allylic oxidation sites excluding steroid dienone is 1. The van der Waals surface area contributed by atoms with Crippen LogP contribution in [0.5, 0.6) is 0 Å². The lowest BCUT2D eigenvalue weighted by molar-refractivity contribution is 0.858. The summed E-state index contributed by atoms with van der Waals surface area (Å²) in [4.78, 5) is 0. The summed E-state index contributed by atoms with van der Waals surface area (Å²) in [5, 5.41) is 0.